The topological polar surface area (TPSA) is 73.1 Å². The van der Waals surface area contributed by atoms with E-state index in [9.17, 15) is 4.79 Å². The highest BCUT2D eigenvalue weighted by Crippen LogP contribution is 2.37. The van der Waals surface area contributed by atoms with Crippen LogP contribution in [0.25, 0.3) is 10.2 Å². The maximum Gasteiger partial charge on any atom is 0.280 e. The zero-order chi connectivity index (χ0) is 20.4. The van der Waals surface area contributed by atoms with Crippen LogP contribution < -0.4 is 9.64 Å². The predicted octanol–water partition coefficient (Wildman–Crippen LogP) is 4.07. The van der Waals surface area contributed by atoms with Crippen LogP contribution in [0.4, 0.5) is 5.13 Å². The van der Waals surface area contributed by atoms with Crippen molar-refractivity contribution in [3.05, 3.63) is 65.7 Å². The van der Waals surface area contributed by atoms with Gasteiger partial charge in [-0.2, -0.15) is 5.10 Å². The number of aromatic nitrogens is 4. The van der Waals surface area contributed by atoms with Gasteiger partial charge in [0, 0.05) is 25.1 Å². The molecule has 1 aromatic carbocycles. The fourth-order valence-electron chi connectivity index (χ4n) is 3.07. The van der Waals surface area contributed by atoms with Gasteiger partial charge in [-0.1, -0.05) is 23.5 Å². The summed E-state index contributed by atoms with van der Waals surface area (Å²) < 4.78 is 8.21. The maximum absolute atomic E-state index is 13.4. The lowest BCUT2D eigenvalue weighted by Gasteiger charge is -2.18. The van der Waals surface area contributed by atoms with Crippen molar-refractivity contribution >= 4 is 32.6 Å². The molecular weight excluding hydrogens is 386 g/mol. The Labute approximate surface area is 172 Å². The lowest BCUT2D eigenvalue weighted by molar-refractivity contribution is 0.0979. The fourth-order valence-corrected chi connectivity index (χ4v) is 4.12. The largest absolute Gasteiger partial charge is 0.494 e. The van der Waals surface area contributed by atoms with E-state index < -0.39 is 0 Å². The summed E-state index contributed by atoms with van der Waals surface area (Å²) in [5, 5.41) is 4.99. The van der Waals surface area contributed by atoms with E-state index in [-0.39, 0.29) is 5.91 Å². The van der Waals surface area contributed by atoms with Gasteiger partial charge < -0.3 is 4.74 Å². The van der Waals surface area contributed by atoms with Crippen molar-refractivity contribution in [3.63, 3.8) is 0 Å². The lowest BCUT2D eigenvalue weighted by atomic mass is 10.2. The molecule has 0 atom stereocenters. The number of hydrogen-bond donors (Lipinski definition) is 0. The number of thiazole rings is 1. The minimum absolute atomic E-state index is 0.197. The Bertz CT molecular complexity index is 1150. The summed E-state index contributed by atoms with van der Waals surface area (Å²) in [6, 6.07) is 9.43. The molecule has 1 amide bonds. The molecule has 0 saturated heterocycles. The Morgan fingerprint density at radius 2 is 2.14 bits per heavy atom. The van der Waals surface area contributed by atoms with Gasteiger partial charge in [-0.3, -0.25) is 19.4 Å². The first kappa shape index (κ1) is 19.1. The summed E-state index contributed by atoms with van der Waals surface area (Å²) in [4.78, 5) is 23.9. The average molecular weight is 407 g/mol. The molecule has 4 aromatic rings. The van der Waals surface area contributed by atoms with Crippen molar-refractivity contribution < 1.29 is 9.53 Å². The van der Waals surface area contributed by atoms with Crippen LogP contribution in [0.1, 0.15) is 28.5 Å². The van der Waals surface area contributed by atoms with Crippen molar-refractivity contribution in [3.8, 4) is 5.75 Å². The van der Waals surface area contributed by atoms with E-state index in [0.29, 0.717) is 29.7 Å². The van der Waals surface area contributed by atoms with E-state index in [1.807, 2.05) is 38.1 Å². The van der Waals surface area contributed by atoms with Crippen LogP contribution in [-0.2, 0) is 13.1 Å². The number of carbonyl (C=O) groups is 1. The maximum atomic E-state index is 13.4. The summed E-state index contributed by atoms with van der Waals surface area (Å²) in [6.45, 7) is 5.07. The molecule has 7 nitrogen and oxygen atoms in total. The van der Waals surface area contributed by atoms with Gasteiger partial charge in [-0.05, 0) is 43.2 Å². The first-order valence-corrected chi connectivity index (χ1v) is 10.1. The number of rotatable bonds is 6. The lowest BCUT2D eigenvalue weighted by Crippen LogP contribution is -2.30. The van der Waals surface area contributed by atoms with Crippen LogP contribution >= 0.6 is 11.3 Å². The minimum Gasteiger partial charge on any atom is -0.494 e. The Hall–Kier alpha value is -3.26. The highest BCUT2D eigenvalue weighted by Gasteiger charge is 2.25. The first-order chi connectivity index (χ1) is 14.1. The van der Waals surface area contributed by atoms with Crippen molar-refractivity contribution in [2.45, 2.75) is 26.9 Å². The molecular formula is C21H21N5O2S. The average Bonchev–Trinajstić information content (AvgIpc) is 3.40. The van der Waals surface area contributed by atoms with Crippen LogP contribution in [0, 0.1) is 6.92 Å². The molecule has 0 saturated carbocycles. The first-order valence-electron chi connectivity index (χ1n) is 9.29. The summed E-state index contributed by atoms with van der Waals surface area (Å²) in [7, 11) is 1.62. The zero-order valence-electron chi connectivity index (χ0n) is 16.5. The molecule has 0 fully saturated rings. The highest BCUT2D eigenvalue weighted by atomic mass is 32.1. The molecule has 29 heavy (non-hydrogen) atoms. The number of carbonyl (C=O) groups excluding carboxylic acids is 1. The molecule has 8 heteroatoms. The van der Waals surface area contributed by atoms with E-state index in [0.717, 1.165) is 21.3 Å². The molecule has 0 spiro atoms. The van der Waals surface area contributed by atoms with E-state index >= 15 is 0 Å². The van der Waals surface area contributed by atoms with Gasteiger partial charge >= 0.3 is 0 Å². The SMILES string of the molecule is CCn1ccc(C(=O)N(Cc2cccnc2)c2nc3c(OC)ccc(C)c3s2)n1. The Kier molecular flexibility index (Phi) is 5.26. The summed E-state index contributed by atoms with van der Waals surface area (Å²) in [6.07, 6.45) is 5.27. The van der Waals surface area contributed by atoms with Crippen LogP contribution in [0.15, 0.2) is 48.9 Å². The van der Waals surface area contributed by atoms with E-state index in [1.54, 1.807) is 41.3 Å². The molecule has 0 aliphatic rings. The monoisotopic (exact) mass is 407 g/mol. The molecule has 0 radical (unpaired) electrons. The van der Waals surface area contributed by atoms with Gasteiger partial charge in [-0.15, -0.1) is 0 Å². The molecule has 4 rings (SSSR count). The van der Waals surface area contributed by atoms with Gasteiger partial charge in [0.2, 0.25) is 0 Å². The van der Waals surface area contributed by atoms with Crippen molar-refractivity contribution in [2.75, 3.05) is 12.0 Å². The van der Waals surface area contributed by atoms with Crippen molar-refractivity contribution in [1.29, 1.82) is 0 Å². The fraction of sp³-hybridized carbons (Fsp3) is 0.238. The standard InChI is InChI=1S/C21H21N5O2S/c1-4-25-11-9-16(24-25)20(27)26(13-15-6-5-10-22-12-15)21-23-18-17(28-3)8-7-14(2)19(18)29-21/h5-12H,4,13H2,1-3H3. The van der Waals surface area contributed by atoms with E-state index in [4.69, 9.17) is 9.72 Å². The molecule has 148 valence electrons. The molecule has 0 aliphatic carbocycles. The number of methoxy groups -OCH3 is 1. The Morgan fingerprint density at radius 3 is 2.83 bits per heavy atom. The quantitative estimate of drug-likeness (QED) is 0.482. The number of hydrogen-bond acceptors (Lipinski definition) is 6. The van der Waals surface area contributed by atoms with Gasteiger partial charge in [0.15, 0.2) is 10.8 Å². The molecule has 0 unspecified atom stereocenters. The number of aryl methyl sites for hydroxylation is 2. The number of anilines is 1. The summed E-state index contributed by atoms with van der Waals surface area (Å²) in [5.74, 6) is 0.494. The summed E-state index contributed by atoms with van der Waals surface area (Å²) >= 11 is 1.48. The normalized spacial score (nSPS) is 11.0. The third kappa shape index (κ3) is 3.71. The van der Waals surface area contributed by atoms with Gasteiger partial charge in [-0.25, -0.2) is 4.98 Å². The van der Waals surface area contributed by atoms with Crippen molar-refractivity contribution in [1.82, 2.24) is 19.7 Å². The third-order valence-corrected chi connectivity index (χ3v) is 5.85. The van der Waals surface area contributed by atoms with E-state index in [2.05, 4.69) is 10.1 Å². The second-order valence-electron chi connectivity index (χ2n) is 6.57. The second-order valence-corrected chi connectivity index (χ2v) is 7.55. The van der Waals surface area contributed by atoms with Gasteiger partial charge in [0.1, 0.15) is 11.3 Å². The van der Waals surface area contributed by atoms with Crippen LogP contribution in [0.2, 0.25) is 0 Å². The number of ether oxygens (including phenoxy) is 1. The van der Waals surface area contributed by atoms with Crippen LogP contribution in [0.5, 0.6) is 5.75 Å². The molecule has 0 bridgehead atoms. The van der Waals surface area contributed by atoms with E-state index in [1.165, 1.54) is 11.3 Å². The van der Waals surface area contributed by atoms with Crippen molar-refractivity contribution in [2.24, 2.45) is 0 Å². The third-order valence-electron chi connectivity index (χ3n) is 4.64. The highest BCUT2D eigenvalue weighted by molar-refractivity contribution is 7.22. The van der Waals surface area contributed by atoms with Crippen LogP contribution in [-0.4, -0.2) is 32.8 Å². The van der Waals surface area contributed by atoms with Gasteiger partial charge in [0.05, 0.1) is 18.4 Å². The Balaban J connectivity index is 1.80. The molecule has 3 aromatic heterocycles. The molecule has 0 aliphatic heterocycles. The zero-order valence-corrected chi connectivity index (χ0v) is 17.3. The molecule has 0 N–H and O–H groups in total. The summed E-state index contributed by atoms with van der Waals surface area (Å²) in [5.41, 5.74) is 3.15. The number of fused-ring (bicyclic) bond motifs is 1. The number of benzene rings is 1. The smallest absolute Gasteiger partial charge is 0.280 e. The second kappa shape index (κ2) is 8.00. The predicted molar refractivity (Wildman–Crippen MR) is 114 cm³/mol. The minimum atomic E-state index is -0.197. The van der Waals surface area contributed by atoms with Crippen LogP contribution in [0.3, 0.4) is 0 Å². The Morgan fingerprint density at radius 1 is 1.28 bits per heavy atom. The van der Waals surface area contributed by atoms with Gasteiger partial charge in [0.25, 0.3) is 5.91 Å². The number of amides is 1. The molecule has 3 heterocycles. The number of pyridine rings is 1. The number of nitrogens with zero attached hydrogens (tertiary/aromatic N) is 5.